The Balaban J connectivity index is 2.13. The maximum absolute atomic E-state index is 12.0. The molecule has 0 bridgehead atoms. The zero-order valence-corrected chi connectivity index (χ0v) is 12.0. The molecule has 0 aliphatic heterocycles. The Hall–Kier alpha value is -2.41. The number of aromatic nitrogens is 3. The molecular formula is C13H13ClN4O3. The summed E-state index contributed by atoms with van der Waals surface area (Å²) in [6.45, 7) is 1.64. The molecule has 2 N–H and O–H groups in total. The zero-order valence-electron chi connectivity index (χ0n) is 11.2. The summed E-state index contributed by atoms with van der Waals surface area (Å²) in [5, 5.41) is 19.3. The zero-order chi connectivity index (χ0) is 15.4. The lowest BCUT2D eigenvalue weighted by molar-refractivity contribution is -0.117. The number of carbonyl (C=O) groups excluding carboxylic acids is 1. The lowest BCUT2D eigenvalue weighted by atomic mass is 10.2. The van der Waals surface area contributed by atoms with Crippen LogP contribution in [0, 0.1) is 0 Å². The molecule has 0 spiro atoms. The van der Waals surface area contributed by atoms with Crippen LogP contribution in [0.1, 0.15) is 23.1 Å². The standard InChI is InChI=1S/C13H13ClN4O3/c1-2-10-12(13(20)21)16-17-18(10)7-11(19)15-9-6-4-3-5-8(9)14/h3-6H,2,7H2,1H3,(H,15,19)(H,20,21). The molecule has 21 heavy (non-hydrogen) atoms. The molecule has 0 fully saturated rings. The predicted octanol–water partition coefficient (Wildman–Crippen LogP) is 1.83. The van der Waals surface area contributed by atoms with E-state index in [1.807, 2.05) is 0 Å². The van der Waals surface area contributed by atoms with Crippen molar-refractivity contribution in [3.05, 3.63) is 40.7 Å². The number of rotatable bonds is 5. The van der Waals surface area contributed by atoms with Gasteiger partial charge in [0.2, 0.25) is 5.91 Å². The van der Waals surface area contributed by atoms with Crippen LogP contribution in [0.25, 0.3) is 0 Å². The number of benzene rings is 1. The number of para-hydroxylation sites is 1. The quantitative estimate of drug-likeness (QED) is 0.878. The van der Waals surface area contributed by atoms with Crippen LogP contribution in [0.2, 0.25) is 5.02 Å². The van der Waals surface area contributed by atoms with Crippen molar-refractivity contribution in [2.45, 2.75) is 19.9 Å². The third-order valence-corrected chi connectivity index (χ3v) is 3.15. The number of nitrogens with zero attached hydrogens (tertiary/aromatic N) is 3. The summed E-state index contributed by atoms with van der Waals surface area (Å²) in [4.78, 5) is 23.0. The molecule has 0 atom stereocenters. The number of carbonyl (C=O) groups is 2. The van der Waals surface area contributed by atoms with Gasteiger partial charge in [-0.3, -0.25) is 4.79 Å². The van der Waals surface area contributed by atoms with Crippen molar-refractivity contribution in [1.29, 1.82) is 0 Å². The van der Waals surface area contributed by atoms with Crippen molar-refractivity contribution in [3.8, 4) is 0 Å². The molecule has 0 radical (unpaired) electrons. The summed E-state index contributed by atoms with van der Waals surface area (Å²) in [6.07, 6.45) is 0.411. The maximum Gasteiger partial charge on any atom is 0.358 e. The van der Waals surface area contributed by atoms with E-state index in [9.17, 15) is 9.59 Å². The van der Waals surface area contributed by atoms with Crippen LogP contribution in [0.3, 0.4) is 0 Å². The van der Waals surface area contributed by atoms with E-state index in [0.717, 1.165) is 0 Å². The lowest BCUT2D eigenvalue weighted by Crippen LogP contribution is -2.21. The molecule has 1 aromatic heterocycles. The highest BCUT2D eigenvalue weighted by Crippen LogP contribution is 2.20. The largest absolute Gasteiger partial charge is 0.476 e. The molecule has 0 aliphatic carbocycles. The first kappa shape index (κ1) is 15.0. The van der Waals surface area contributed by atoms with Gasteiger partial charge in [-0.1, -0.05) is 35.9 Å². The molecule has 1 amide bonds. The van der Waals surface area contributed by atoms with Gasteiger partial charge in [0.25, 0.3) is 0 Å². The minimum absolute atomic E-state index is 0.130. The van der Waals surface area contributed by atoms with Gasteiger partial charge in [0.1, 0.15) is 6.54 Å². The molecule has 0 saturated heterocycles. The Bertz CT molecular complexity index is 684. The molecule has 7 nitrogen and oxygen atoms in total. The molecule has 0 aliphatic rings. The maximum atomic E-state index is 12.0. The topological polar surface area (TPSA) is 97.1 Å². The first-order chi connectivity index (χ1) is 10.0. The van der Waals surface area contributed by atoms with E-state index in [0.29, 0.717) is 22.8 Å². The summed E-state index contributed by atoms with van der Waals surface area (Å²) in [7, 11) is 0. The van der Waals surface area contributed by atoms with Crippen LogP contribution in [-0.2, 0) is 17.8 Å². The summed E-state index contributed by atoms with van der Waals surface area (Å²) in [6, 6.07) is 6.83. The highest BCUT2D eigenvalue weighted by molar-refractivity contribution is 6.33. The molecule has 0 unspecified atom stereocenters. The second kappa shape index (κ2) is 6.36. The van der Waals surface area contributed by atoms with Gasteiger partial charge in [0.05, 0.1) is 16.4 Å². The summed E-state index contributed by atoms with van der Waals surface area (Å²) < 4.78 is 1.27. The molecular weight excluding hydrogens is 296 g/mol. The number of carboxylic acids is 1. The average molecular weight is 309 g/mol. The number of anilines is 1. The van der Waals surface area contributed by atoms with Crippen molar-refractivity contribution in [2.24, 2.45) is 0 Å². The Kier molecular flexibility index (Phi) is 4.54. The van der Waals surface area contributed by atoms with E-state index in [-0.39, 0.29) is 18.1 Å². The number of halogens is 1. The normalized spacial score (nSPS) is 10.4. The molecule has 2 rings (SSSR count). The van der Waals surface area contributed by atoms with E-state index in [2.05, 4.69) is 15.6 Å². The van der Waals surface area contributed by atoms with E-state index < -0.39 is 5.97 Å². The Morgan fingerprint density at radius 3 is 2.71 bits per heavy atom. The first-order valence-electron chi connectivity index (χ1n) is 6.23. The fraction of sp³-hybridized carbons (Fsp3) is 0.231. The number of aromatic carboxylic acids is 1. The van der Waals surface area contributed by atoms with Crippen LogP contribution in [0.4, 0.5) is 5.69 Å². The van der Waals surface area contributed by atoms with Crippen molar-refractivity contribution < 1.29 is 14.7 Å². The van der Waals surface area contributed by atoms with Crippen LogP contribution in [-0.4, -0.2) is 32.0 Å². The van der Waals surface area contributed by atoms with Gasteiger partial charge >= 0.3 is 5.97 Å². The SMILES string of the molecule is CCc1c(C(=O)O)nnn1CC(=O)Nc1ccccc1Cl. The number of carboxylic acid groups (broad SMARTS) is 1. The number of amides is 1. The summed E-state index contributed by atoms with van der Waals surface area (Å²) in [5.74, 6) is -1.52. The minimum atomic E-state index is -1.16. The van der Waals surface area contributed by atoms with Gasteiger partial charge in [-0.05, 0) is 18.6 Å². The van der Waals surface area contributed by atoms with E-state index in [4.69, 9.17) is 16.7 Å². The van der Waals surface area contributed by atoms with E-state index in [1.165, 1.54) is 4.68 Å². The fourth-order valence-electron chi connectivity index (χ4n) is 1.86. The van der Waals surface area contributed by atoms with Crippen LogP contribution >= 0.6 is 11.6 Å². The molecule has 0 saturated carbocycles. The Morgan fingerprint density at radius 2 is 2.10 bits per heavy atom. The first-order valence-corrected chi connectivity index (χ1v) is 6.60. The molecule has 8 heteroatoms. The smallest absolute Gasteiger partial charge is 0.358 e. The van der Waals surface area contributed by atoms with Crippen molar-refractivity contribution in [3.63, 3.8) is 0 Å². The van der Waals surface area contributed by atoms with Gasteiger partial charge in [0.15, 0.2) is 5.69 Å². The van der Waals surface area contributed by atoms with Crippen LogP contribution in [0.15, 0.2) is 24.3 Å². The Labute approximate surface area is 125 Å². The van der Waals surface area contributed by atoms with E-state index in [1.54, 1.807) is 31.2 Å². The number of hydrogen-bond donors (Lipinski definition) is 2. The van der Waals surface area contributed by atoms with Crippen LogP contribution in [0.5, 0.6) is 0 Å². The van der Waals surface area contributed by atoms with Gasteiger partial charge in [-0.25, -0.2) is 9.48 Å². The van der Waals surface area contributed by atoms with Gasteiger partial charge in [-0.2, -0.15) is 0 Å². The van der Waals surface area contributed by atoms with Crippen molar-refractivity contribution in [1.82, 2.24) is 15.0 Å². The monoisotopic (exact) mass is 308 g/mol. The Morgan fingerprint density at radius 1 is 1.38 bits per heavy atom. The second-order valence-electron chi connectivity index (χ2n) is 4.23. The number of hydrogen-bond acceptors (Lipinski definition) is 4. The van der Waals surface area contributed by atoms with Crippen molar-refractivity contribution in [2.75, 3.05) is 5.32 Å². The molecule has 1 heterocycles. The minimum Gasteiger partial charge on any atom is -0.476 e. The van der Waals surface area contributed by atoms with Crippen LogP contribution < -0.4 is 5.32 Å². The highest BCUT2D eigenvalue weighted by atomic mass is 35.5. The molecule has 110 valence electrons. The molecule has 1 aromatic carbocycles. The average Bonchev–Trinajstić information content (AvgIpc) is 2.84. The van der Waals surface area contributed by atoms with Gasteiger partial charge in [-0.15, -0.1) is 5.10 Å². The fourth-order valence-corrected chi connectivity index (χ4v) is 2.05. The van der Waals surface area contributed by atoms with Crippen molar-refractivity contribution >= 4 is 29.2 Å². The summed E-state index contributed by atoms with van der Waals surface area (Å²) in [5.41, 5.74) is 0.751. The lowest BCUT2D eigenvalue weighted by Gasteiger charge is -2.08. The van der Waals surface area contributed by atoms with Gasteiger partial charge < -0.3 is 10.4 Å². The highest BCUT2D eigenvalue weighted by Gasteiger charge is 2.19. The summed E-state index contributed by atoms with van der Waals surface area (Å²) >= 11 is 5.95. The number of nitrogens with one attached hydrogen (secondary N) is 1. The van der Waals surface area contributed by atoms with E-state index >= 15 is 0 Å². The third-order valence-electron chi connectivity index (χ3n) is 2.82. The second-order valence-corrected chi connectivity index (χ2v) is 4.64. The van der Waals surface area contributed by atoms with Gasteiger partial charge in [0, 0.05) is 0 Å². The third kappa shape index (κ3) is 3.38. The molecule has 2 aromatic rings. The predicted molar refractivity (Wildman–Crippen MR) is 76.4 cm³/mol.